The molecule has 100 valence electrons. The predicted molar refractivity (Wildman–Crippen MR) is 65.7 cm³/mol. The monoisotopic (exact) mass is 263 g/mol. The minimum atomic E-state index is -1.10. The maximum atomic E-state index is 11.6. The number of hydrogen-bond acceptors (Lipinski definition) is 6. The Bertz CT molecular complexity index is 511. The van der Waals surface area contributed by atoms with Crippen LogP contribution in [0.2, 0.25) is 0 Å². The Labute approximate surface area is 110 Å². The van der Waals surface area contributed by atoms with Gasteiger partial charge in [0, 0.05) is 5.56 Å². The highest BCUT2D eigenvalue weighted by Gasteiger charge is 2.43. The van der Waals surface area contributed by atoms with E-state index >= 15 is 0 Å². The molecule has 6 heteroatoms. The molecule has 0 saturated carbocycles. The molecule has 0 unspecified atom stereocenters. The minimum Gasteiger partial charge on any atom is -0.467 e. The molecule has 1 heterocycles. The van der Waals surface area contributed by atoms with E-state index in [0.29, 0.717) is 5.56 Å². The van der Waals surface area contributed by atoms with Crippen molar-refractivity contribution in [2.24, 2.45) is 4.99 Å². The van der Waals surface area contributed by atoms with E-state index in [1.165, 1.54) is 14.2 Å². The average molecular weight is 263 g/mol. The molecule has 1 aromatic carbocycles. The highest BCUT2D eigenvalue weighted by Crippen LogP contribution is 2.20. The molecule has 0 spiro atoms. The lowest BCUT2D eigenvalue weighted by Crippen LogP contribution is -2.38. The first-order chi connectivity index (χ1) is 9.17. The number of carbonyl (C=O) groups excluding carboxylic acids is 2. The lowest BCUT2D eigenvalue weighted by atomic mass is 10.2. The SMILES string of the molecule is COC(=O)[C@H]1N=C(c2ccccc2)O[C@H]1C(=O)OC. The van der Waals surface area contributed by atoms with Gasteiger partial charge in [0.1, 0.15) is 0 Å². The summed E-state index contributed by atoms with van der Waals surface area (Å²) in [6.45, 7) is 0. The standard InChI is InChI=1S/C13H13NO5/c1-17-12(15)9-10(13(16)18-2)19-11(14-9)8-6-4-3-5-7-8/h3-7,9-10H,1-2H3/t9-,10+/m0/s1. The van der Waals surface area contributed by atoms with Crippen molar-refractivity contribution in [2.45, 2.75) is 12.1 Å². The number of aliphatic imine (C=N–C) groups is 1. The van der Waals surface area contributed by atoms with Gasteiger partial charge < -0.3 is 14.2 Å². The highest BCUT2D eigenvalue weighted by molar-refractivity contribution is 6.01. The van der Waals surface area contributed by atoms with Gasteiger partial charge in [0.05, 0.1) is 14.2 Å². The van der Waals surface area contributed by atoms with Gasteiger partial charge in [0.15, 0.2) is 6.04 Å². The van der Waals surface area contributed by atoms with E-state index in [0.717, 1.165) is 0 Å². The van der Waals surface area contributed by atoms with Gasteiger partial charge in [-0.05, 0) is 12.1 Å². The topological polar surface area (TPSA) is 74.2 Å². The molecule has 1 aliphatic heterocycles. The van der Waals surface area contributed by atoms with Gasteiger partial charge in [0.25, 0.3) is 0 Å². The molecule has 0 aliphatic carbocycles. The maximum absolute atomic E-state index is 11.6. The van der Waals surface area contributed by atoms with Crippen LogP contribution in [0, 0.1) is 0 Å². The van der Waals surface area contributed by atoms with Crippen LogP contribution in [0.25, 0.3) is 0 Å². The fourth-order valence-corrected chi connectivity index (χ4v) is 1.72. The lowest BCUT2D eigenvalue weighted by molar-refractivity contribution is -0.156. The first-order valence-corrected chi connectivity index (χ1v) is 5.63. The summed E-state index contributed by atoms with van der Waals surface area (Å²) in [6.07, 6.45) is -1.10. The van der Waals surface area contributed by atoms with E-state index in [-0.39, 0.29) is 5.90 Å². The van der Waals surface area contributed by atoms with Crippen molar-refractivity contribution in [3.63, 3.8) is 0 Å². The summed E-state index contributed by atoms with van der Waals surface area (Å²) in [5.74, 6) is -1.07. The number of methoxy groups -OCH3 is 2. The number of esters is 2. The Kier molecular flexibility index (Phi) is 3.79. The smallest absolute Gasteiger partial charge is 0.350 e. The lowest BCUT2D eigenvalue weighted by Gasteiger charge is -2.13. The van der Waals surface area contributed by atoms with Gasteiger partial charge in [-0.15, -0.1) is 0 Å². The van der Waals surface area contributed by atoms with E-state index in [4.69, 9.17) is 4.74 Å². The van der Waals surface area contributed by atoms with Crippen molar-refractivity contribution >= 4 is 17.8 Å². The normalized spacial score (nSPS) is 21.3. The molecule has 1 aromatic rings. The van der Waals surface area contributed by atoms with Crippen LogP contribution >= 0.6 is 0 Å². The van der Waals surface area contributed by atoms with Gasteiger partial charge in [-0.2, -0.15) is 0 Å². The summed E-state index contributed by atoms with van der Waals surface area (Å²) in [5.41, 5.74) is 0.683. The van der Waals surface area contributed by atoms with Crippen LogP contribution in [0.4, 0.5) is 0 Å². The van der Waals surface area contributed by atoms with Crippen molar-refractivity contribution in [1.82, 2.24) is 0 Å². The van der Waals surface area contributed by atoms with E-state index < -0.39 is 24.1 Å². The molecule has 0 fully saturated rings. The quantitative estimate of drug-likeness (QED) is 0.744. The molecule has 0 aromatic heterocycles. The zero-order chi connectivity index (χ0) is 13.8. The first kappa shape index (κ1) is 13.1. The van der Waals surface area contributed by atoms with Crippen molar-refractivity contribution in [2.75, 3.05) is 14.2 Å². The third-order valence-corrected chi connectivity index (χ3v) is 2.68. The van der Waals surface area contributed by atoms with Gasteiger partial charge in [-0.1, -0.05) is 18.2 Å². The molecule has 19 heavy (non-hydrogen) atoms. The molecular weight excluding hydrogens is 250 g/mol. The third-order valence-electron chi connectivity index (χ3n) is 2.68. The first-order valence-electron chi connectivity index (χ1n) is 5.63. The zero-order valence-electron chi connectivity index (χ0n) is 10.5. The Morgan fingerprint density at radius 2 is 1.74 bits per heavy atom. The van der Waals surface area contributed by atoms with Crippen LogP contribution < -0.4 is 0 Å². The molecule has 0 bridgehead atoms. The number of carbonyl (C=O) groups is 2. The second-order valence-corrected chi connectivity index (χ2v) is 3.83. The Morgan fingerprint density at radius 3 is 2.32 bits per heavy atom. The van der Waals surface area contributed by atoms with Crippen molar-refractivity contribution in [3.8, 4) is 0 Å². The summed E-state index contributed by atoms with van der Waals surface area (Å²) >= 11 is 0. The number of nitrogens with zero attached hydrogens (tertiary/aromatic N) is 1. The van der Waals surface area contributed by atoms with E-state index in [1.807, 2.05) is 6.07 Å². The van der Waals surface area contributed by atoms with E-state index in [1.54, 1.807) is 24.3 Å². The molecule has 0 N–H and O–H groups in total. The third kappa shape index (κ3) is 2.57. The molecular formula is C13H13NO5. The van der Waals surface area contributed by atoms with Crippen LogP contribution in [0.15, 0.2) is 35.3 Å². The van der Waals surface area contributed by atoms with E-state index in [9.17, 15) is 9.59 Å². The largest absolute Gasteiger partial charge is 0.467 e. The van der Waals surface area contributed by atoms with Crippen LogP contribution in [0.5, 0.6) is 0 Å². The summed E-state index contributed by atoms with van der Waals surface area (Å²) in [7, 11) is 2.45. The van der Waals surface area contributed by atoms with Crippen LogP contribution in [-0.2, 0) is 23.8 Å². The fourth-order valence-electron chi connectivity index (χ4n) is 1.72. The number of ether oxygens (including phenoxy) is 3. The molecule has 1 aliphatic rings. The Morgan fingerprint density at radius 1 is 1.11 bits per heavy atom. The summed E-state index contributed by atoms with van der Waals surface area (Å²) < 4.78 is 14.6. The molecule has 6 nitrogen and oxygen atoms in total. The fraction of sp³-hybridized carbons (Fsp3) is 0.308. The van der Waals surface area contributed by atoms with Gasteiger partial charge in [0.2, 0.25) is 12.0 Å². The number of hydrogen-bond donors (Lipinski definition) is 0. The van der Waals surface area contributed by atoms with E-state index in [2.05, 4.69) is 14.5 Å². The van der Waals surface area contributed by atoms with Crippen LogP contribution in [0.1, 0.15) is 5.56 Å². The minimum absolute atomic E-state index is 0.228. The molecule has 0 saturated heterocycles. The number of benzene rings is 1. The van der Waals surface area contributed by atoms with Gasteiger partial charge in [-0.25, -0.2) is 14.6 Å². The van der Waals surface area contributed by atoms with Crippen LogP contribution in [0.3, 0.4) is 0 Å². The second-order valence-electron chi connectivity index (χ2n) is 3.83. The predicted octanol–water partition coefficient (Wildman–Crippen LogP) is 0.547. The van der Waals surface area contributed by atoms with Crippen LogP contribution in [-0.4, -0.2) is 44.2 Å². The zero-order valence-corrected chi connectivity index (χ0v) is 10.5. The molecule has 0 radical (unpaired) electrons. The molecule has 2 rings (SSSR count). The average Bonchev–Trinajstić information content (AvgIpc) is 2.91. The second kappa shape index (κ2) is 5.51. The van der Waals surface area contributed by atoms with Crippen molar-refractivity contribution < 1.29 is 23.8 Å². The van der Waals surface area contributed by atoms with Crippen molar-refractivity contribution in [1.29, 1.82) is 0 Å². The summed E-state index contributed by atoms with van der Waals surface area (Å²) in [4.78, 5) is 27.3. The van der Waals surface area contributed by atoms with Gasteiger partial charge in [-0.3, -0.25) is 0 Å². The summed E-state index contributed by atoms with van der Waals surface area (Å²) in [6, 6.07) is 7.96. The summed E-state index contributed by atoms with van der Waals surface area (Å²) in [5, 5.41) is 0. The highest BCUT2D eigenvalue weighted by atomic mass is 16.6. The Balaban J connectivity index is 2.29. The van der Waals surface area contributed by atoms with Gasteiger partial charge >= 0.3 is 11.9 Å². The molecule has 0 amide bonds. The number of rotatable bonds is 3. The maximum Gasteiger partial charge on any atom is 0.350 e. The van der Waals surface area contributed by atoms with Crippen molar-refractivity contribution in [3.05, 3.63) is 35.9 Å². The molecule has 2 atom stereocenters. The Hall–Kier alpha value is -2.37.